The van der Waals surface area contributed by atoms with Gasteiger partial charge in [-0.1, -0.05) is 12.1 Å². The van der Waals surface area contributed by atoms with Gasteiger partial charge in [0.2, 0.25) is 0 Å². The van der Waals surface area contributed by atoms with Crippen LogP contribution < -0.4 is 10.6 Å². The van der Waals surface area contributed by atoms with Crippen molar-refractivity contribution in [2.75, 3.05) is 10.6 Å². The van der Waals surface area contributed by atoms with Gasteiger partial charge in [0.15, 0.2) is 0 Å². The number of hydrogen-bond acceptors (Lipinski definition) is 5. The van der Waals surface area contributed by atoms with Crippen LogP contribution in [0, 0.1) is 6.92 Å². The lowest BCUT2D eigenvalue weighted by molar-refractivity contribution is 0.0691. The number of pyridine rings is 1. The number of benzene rings is 2. The third kappa shape index (κ3) is 4.70. The summed E-state index contributed by atoms with van der Waals surface area (Å²) in [5, 5.41) is 16.0. The molecule has 0 radical (unpaired) electrons. The summed E-state index contributed by atoms with van der Waals surface area (Å²) >= 11 is 4.28. The molecule has 0 bridgehead atoms. The SMILES string of the molecule is Cc1ccc(NC(=O)c2cccc(S)c2)cc1CNc1cnc2[nH]c(C(=O)O)cc2c1. The van der Waals surface area contributed by atoms with Crippen LogP contribution in [0.3, 0.4) is 0 Å². The molecule has 7 nitrogen and oxygen atoms in total. The van der Waals surface area contributed by atoms with Crippen LogP contribution in [0.2, 0.25) is 0 Å². The molecule has 0 aliphatic heterocycles. The molecule has 0 unspecified atom stereocenters. The van der Waals surface area contributed by atoms with Gasteiger partial charge < -0.3 is 20.7 Å². The molecule has 0 fully saturated rings. The summed E-state index contributed by atoms with van der Waals surface area (Å²) in [7, 11) is 0. The lowest BCUT2D eigenvalue weighted by Crippen LogP contribution is -2.12. The molecule has 31 heavy (non-hydrogen) atoms. The van der Waals surface area contributed by atoms with Crippen molar-refractivity contribution >= 4 is 46.9 Å². The Kier molecular flexibility index (Phi) is 5.64. The molecule has 2 aromatic heterocycles. The van der Waals surface area contributed by atoms with Gasteiger partial charge in [-0.15, -0.1) is 12.6 Å². The molecule has 1 amide bonds. The maximum atomic E-state index is 12.5. The van der Waals surface area contributed by atoms with Gasteiger partial charge in [0.1, 0.15) is 11.3 Å². The summed E-state index contributed by atoms with van der Waals surface area (Å²) < 4.78 is 0. The van der Waals surface area contributed by atoms with Crippen LogP contribution in [0.15, 0.2) is 65.7 Å². The van der Waals surface area contributed by atoms with Crippen molar-refractivity contribution in [1.29, 1.82) is 0 Å². The normalized spacial score (nSPS) is 10.8. The van der Waals surface area contributed by atoms with Crippen molar-refractivity contribution in [3.05, 3.63) is 83.2 Å². The number of H-pyrrole nitrogens is 1. The zero-order valence-electron chi connectivity index (χ0n) is 16.6. The maximum Gasteiger partial charge on any atom is 0.352 e. The van der Waals surface area contributed by atoms with E-state index in [9.17, 15) is 9.59 Å². The zero-order valence-corrected chi connectivity index (χ0v) is 17.5. The largest absolute Gasteiger partial charge is 0.477 e. The van der Waals surface area contributed by atoms with E-state index in [1.54, 1.807) is 30.5 Å². The minimum Gasteiger partial charge on any atom is -0.477 e. The van der Waals surface area contributed by atoms with Crippen molar-refractivity contribution in [3.8, 4) is 0 Å². The number of hydrogen-bond donors (Lipinski definition) is 5. The molecule has 4 rings (SSSR count). The standard InChI is InChI=1S/C23H20N4O3S/c1-13-5-6-17(26-22(28)14-3-2-4-19(31)9-14)8-16(13)11-24-18-7-15-10-20(23(29)30)27-21(15)25-12-18/h2-10,12,24,31H,11H2,1H3,(H,25,27)(H,26,28)(H,29,30). The molecule has 0 saturated heterocycles. The van der Waals surface area contributed by atoms with Gasteiger partial charge in [-0.2, -0.15) is 0 Å². The predicted molar refractivity (Wildman–Crippen MR) is 123 cm³/mol. The van der Waals surface area contributed by atoms with Crippen molar-refractivity contribution in [3.63, 3.8) is 0 Å². The molecular weight excluding hydrogens is 412 g/mol. The fourth-order valence-corrected chi connectivity index (χ4v) is 3.44. The number of anilines is 2. The number of carbonyl (C=O) groups is 2. The Morgan fingerprint density at radius 2 is 1.94 bits per heavy atom. The number of aromatic amines is 1. The van der Waals surface area contributed by atoms with Gasteiger partial charge in [-0.25, -0.2) is 9.78 Å². The summed E-state index contributed by atoms with van der Waals surface area (Å²) in [4.78, 5) is 31.4. The van der Waals surface area contributed by atoms with E-state index in [4.69, 9.17) is 5.11 Å². The zero-order chi connectivity index (χ0) is 22.0. The number of nitrogens with one attached hydrogen (secondary N) is 3. The van der Waals surface area contributed by atoms with Crippen LogP contribution in [-0.2, 0) is 6.54 Å². The van der Waals surface area contributed by atoms with E-state index in [0.29, 0.717) is 28.8 Å². The molecule has 0 atom stereocenters. The lowest BCUT2D eigenvalue weighted by atomic mass is 10.1. The number of carbonyl (C=O) groups excluding carboxylic acids is 1. The van der Waals surface area contributed by atoms with Crippen LogP contribution in [-0.4, -0.2) is 27.0 Å². The smallest absolute Gasteiger partial charge is 0.352 e. The van der Waals surface area contributed by atoms with E-state index < -0.39 is 5.97 Å². The van der Waals surface area contributed by atoms with E-state index >= 15 is 0 Å². The summed E-state index contributed by atoms with van der Waals surface area (Å²) in [5.74, 6) is -1.22. The van der Waals surface area contributed by atoms with Gasteiger partial charge in [0.05, 0.1) is 11.9 Å². The minimum absolute atomic E-state index is 0.0994. The van der Waals surface area contributed by atoms with Crippen molar-refractivity contribution in [2.45, 2.75) is 18.4 Å². The second-order valence-electron chi connectivity index (χ2n) is 7.15. The second kappa shape index (κ2) is 8.53. The molecule has 0 spiro atoms. The van der Waals surface area contributed by atoms with Gasteiger partial charge >= 0.3 is 5.97 Å². The Bertz CT molecular complexity index is 1300. The Hall–Kier alpha value is -3.78. The van der Waals surface area contributed by atoms with Crippen molar-refractivity contribution in [1.82, 2.24) is 9.97 Å². The highest BCUT2D eigenvalue weighted by Crippen LogP contribution is 2.21. The van der Waals surface area contributed by atoms with Crippen LogP contribution >= 0.6 is 12.6 Å². The molecule has 2 aromatic carbocycles. The molecule has 8 heteroatoms. The number of carboxylic acids is 1. The first-order chi connectivity index (χ1) is 14.9. The summed E-state index contributed by atoms with van der Waals surface area (Å²) in [6.45, 7) is 2.52. The average molecular weight is 433 g/mol. The summed E-state index contributed by atoms with van der Waals surface area (Å²) in [6, 6.07) is 16.2. The monoisotopic (exact) mass is 432 g/mol. The fraction of sp³-hybridized carbons (Fsp3) is 0.0870. The van der Waals surface area contributed by atoms with Crippen LogP contribution in [0.5, 0.6) is 0 Å². The maximum absolute atomic E-state index is 12.5. The number of aryl methyl sites for hydroxylation is 1. The molecular formula is C23H20N4O3S. The number of thiol groups is 1. The topological polar surface area (TPSA) is 107 Å². The highest BCUT2D eigenvalue weighted by atomic mass is 32.1. The number of aromatic nitrogens is 2. The minimum atomic E-state index is -1.02. The molecule has 0 aliphatic carbocycles. The van der Waals surface area contributed by atoms with Crippen LogP contribution in [0.4, 0.5) is 11.4 Å². The number of amides is 1. The van der Waals surface area contributed by atoms with Crippen molar-refractivity contribution < 1.29 is 14.7 Å². The highest BCUT2D eigenvalue weighted by Gasteiger charge is 2.10. The Morgan fingerprint density at radius 1 is 1.10 bits per heavy atom. The Morgan fingerprint density at radius 3 is 2.71 bits per heavy atom. The number of carboxylic acid groups (broad SMARTS) is 1. The van der Waals surface area contributed by atoms with Gasteiger partial charge in [-0.05, 0) is 60.5 Å². The van der Waals surface area contributed by atoms with Gasteiger partial charge in [0, 0.05) is 28.1 Å². The van der Waals surface area contributed by atoms with E-state index in [1.165, 1.54) is 0 Å². The first-order valence-corrected chi connectivity index (χ1v) is 9.99. The highest BCUT2D eigenvalue weighted by molar-refractivity contribution is 7.80. The van der Waals surface area contributed by atoms with Crippen molar-refractivity contribution in [2.24, 2.45) is 0 Å². The molecule has 0 aliphatic rings. The Balaban J connectivity index is 1.48. The Labute approximate surface area is 183 Å². The van der Waals surface area contributed by atoms with E-state index in [0.717, 1.165) is 21.7 Å². The molecule has 4 N–H and O–H groups in total. The van der Waals surface area contributed by atoms with E-state index in [-0.39, 0.29) is 11.6 Å². The van der Waals surface area contributed by atoms with E-state index in [1.807, 2.05) is 37.3 Å². The average Bonchev–Trinajstić information content (AvgIpc) is 3.18. The quantitative estimate of drug-likeness (QED) is 0.283. The third-order valence-electron chi connectivity index (χ3n) is 4.90. The fourth-order valence-electron chi connectivity index (χ4n) is 3.21. The first-order valence-electron chi connectivity index (χ1n) is 9.55. The van der Waals surface area contributed by atoms with Gasteiger partial charge in [0.25, 0.3) is 5.91 Å². The van der Waals surface area contributed by atoms with Gasteiger partial charge in [-0.3, -0.25) is 4.79 Å². The molecule has 4 aromatic rings. The van der Waals surface area contributed by atoms with Crippen LogP contribution in [0.1, 0.15) is 32.0 Å². The molecule has 2 heterocycles. The number of fused-ring (bicyclic) bond motifs is 1. The van der Waals surface area contributed by atoms with E-state index in [2.05, 4.69) is 33.2 Å². The molecule has 156 valence electrons. The summed E-state index contributed by atoms with van der Waals surface area (Å²) in [5.41, 5.74) is 4.72. The third-order valence-corrected chi connectivity index (χ3v) is 5.18. The molecule has 0 saturated carbocycles. The lowest BCUT2D eigenvalue weighted by Gasteiger charge is -2.12. The van der Waals surface area contributed by atoms with Crippen LogP contribution in [0.25, 0.3) is 11.0 Å². The number of nitrogens with zero attached hydrogens (tertiary/aromatic N) is 1. The summed E-state index contributed by atoms with van der Waals surface area (Å²) in [6.07, 6.45) is 1.65. The number of rotatable bonds is 6. The predicted octanol–water partition coefficient (Wildman–Crippen LogP) is 4.72. The first kappa shape index (κ1) is 20.5. The number of aromatic carboxylic acids is 1. The second-order valence-corrected chi connectivity index (χ2v) is 7.67.